The molecular weight excluding hydrogens is 378 g/mol. The van der Waals surface area contributed by atoms with Crippen LogP contribution in [0.25, 0.3) is 0 Å². The van der Waals surface area contributed by atoms with Crippen molar-refractivity contribution in [3.63, 3.8) is 0 Å². The van der Waals surface area contributed by atoms with Crippen LogP contribution < -0.4 is 5.31 Å². The Morgan fingerprint density at radius 1 is 1.07 bits per heavy atom. The smallest absolute Gasteiger partial charge is 0.293 e. The van der Waals surface area contributed by atoms with Gasteiger partial charge >= 0.3 is 0 Å². The van der Waals surface area contributed by atoms with Crippen molar-refractivity contribution in [1.82, 2.24) is 5.31 Å². The van der Waals surface area contributed by atoms with Gasteiger partial charge in [0.1, 0.15) is 7.16 Å². The third kappa shape index (κ3) is 9.72. The first-order chi connectivity index (χ1) is 29.3. The predicted molar refractivity (Wildman–Crippen MR) is 121 cm³/mol. The zero-order chi connectivity index (χ0) is 53.8. The van der Waals surface area contributed by atoms with E-state index in [9.17, 15) is 0 Å². The second-order valence-electron chi connectivity index (χ2n) is 4.40. The first-order valence-electron chi connectivity index (χ1n) is 25.6. The van der Waals surface area contributed by atoms with Crippen LogP contribution in [0.5, 0.6) is 5.75 Å². The average Bonchev–Trinajstić information content (AvgIpc) is 3.18. The van der Waals surface area contributed by atoms with Crippen molar-refractivity contribution in [2.24, 2.45) is 0 Å². The monoisotopic (exact) mass is 453 g/mol. The molecule has 1 unspecified atom stereocenters. The van der Waals surface area contributed by atoms with E-state index in [2.05, 4.69) is 20.1 Å². The lowest BCUT2D eigenvalue weighted by molar-refractivity contribution is 0.126. The summed E-state index contributed by atoms with van der Waals surface area (Å²) in [5.41, 5.74) is -4.95. The summed E-state index contributed by atoms with van der Waals surface area (Å²) in [6.45, 7) is -23.0. The quantitative estimate of drug-likeness (QED) is 0.258. The van der Waals surface area contributed by atoms with Crippen LogP contribution in [-0.4, -0.2) is 45.7 Å². The van der Waals surface area contributed by atoms with Gasteiger partial charge in [-0.05, 0) is 61.6 Å². The van der Waals surface area contributed by atoms with Gasteiger partial charge in [-0.3, -0.25) is 0 Å². The van der Waals surface area contributed by atoms with Crippen molar-refractivity contribution >= 4 is 0 Å². The third-order valence-electron chi connectivity index (χ3n) is 2.52. The molecule has 30 heavy (non-hydrogen) atoms. The number of aromatic hydroxyl groups is 1. The van der Waals surface area contributed by atoms with Crippen LogP contribution in [-0.2, 0) is 17.7 Å². The highest BCUT2D eigenvalue weighted by atomic mass is 16.5. The molecule has 5 heteroatoms. The molecule has 0 heterocycles. The summed E-state index contributed by atoms with van der Waals surface area (Å²) < 4.78 is 306. The van der Waals surface area contributed by atoms with Crippen LogP contribution in [0.1, 0.15) is 106 Å². The van der Waals surface area contributed by atoms with Gasteiger partial charge in [0.15, 0.2) is 0 Å². The highest BCUT2D eigenvalue weighted by molar-refractivity contribution is 5.36. The Hall–Kier alpha value is -1.92. The largest absolute Gasteiger partial charge is 0.508 e. The molecule has 0 aliphatic heterocycles. The minimum absolute atomic E-state index is 1.13. The van der Waals surface area contributed by atoms with Gasteiger partial charge in [0.2, 0.25) is 2.86 Å². The zero-order valence-electron chi connectivity index (χ0n) is 51.6. The molecule has 0 saturated heterocycles. The minimum atomic E-state index is -5.10. The SMILES string of the molecule is [2H]Oc1c([2H])c([2H])c(C([2H])(O[2H])C([2H])([2H])N([2H])C([2H])([2H])C([2H])([2H])C([2H])([2H])C([2H])([2H])C([2H])([2H])C([2H])([2H])OC([2H])([2H])C([2H])([2H])C([2H])([2H])C([2H])([2H])c2c([2H])c([2H])c([2H])c([2H])c2[2H])c([2H])c1C([2H])([2H])O[2H]. The summed E-state index contributed by atoms with van der Waals surface area (Å²) in [7, 11) is 0. The van der Waals surface area contributed by atoms with Crippen molar-refractivity contribution < 1.29 is 66.7 Å². The maximum Gasteiger partial charge on any atom is 0.293 e. The number of hydrogen-bond donors (Lipinski definition) is 4. The molecule has 2 rings (SSSR count). The maximum atomic E-state index is 8.66. The van der Waals surface area contributed by atoms with E-state index in [0.717, 1.165) is 0 Å². The Labute approximate surface area is 233 Å². The molecule has 2 aromatic carbocycles. The van der Waals surface area contributed by atoms with Gasteiger partial charge in [-0.1, -0.05) is 49.0 Å². The predicted octanol–water partition coefficient (Wildman–Crippen LogP) is 4.11. The lowest BCUT2D eigenvalue weighted by Crippen LogP contribution is -2.22. The van der Waals surface area contributed by atoms with Crippen molar-refractivity contribution in [3.8, 4) is 5.75 Å². The molecule has 0 spiro atoms. The fraction of sp³-hybridized carbons (Fsp3) is 0.520. The normalized spacial score (nSPS) is 36.9. The van der Waals surface area contributed by atoms with E-state index in [0.29, 0.717) is 0 Å². The molecule has 0 aliphatic rings. The summed E-state index contributed by atoms with van der Waals surface area (Å²) in [6.07, 6.45) is -38.2. The first-order valence-corrected chi connectivity index (χ1v) is 7.47. The van der Waals surface area contributed by atoms with Crippen LogP contribution in [0.3, 0.4) is 0 Å². The van der Waals surface area contributed by atoms with E-state index in [4.69, 9.17) is 50.9 Å². The lowest BCUT2D eigenvalue weighted by atomic mass is 10.1. The second kappa shape index (κ2) is 15.0. The van der Waals surface area contributed by atoms with E-state index in [-0.39, 0.29) is 0 Å². The molecule has 0 aliphatic carbocycles. The lowest BCUT2D eigenvalue weighted by Gasteiger charge is -2.14. The van der Waals surface area contributed by atoms with Crippen molar-refractivity contribution in [3.05, 3.63) is 65.0 Å². The minimum Gasteiger partial charge on any atom is -0.508 e. The van der Waals surface area contributed by atoms with Gasteiger partial charge < -0.3 is 25.4 Å². The summed E-state index contributed by atoms with van der Waals surface area (Å²) in [5, 5.41) is 10.5. The summed E-state index contributed by atoms with van der Waals surface area (Å²) >= 11 is 0. The highest BCUT2D eigenvalue weighted by Crippen LogP contribution is 2.22. The van der Waals surface area contributed by atoms with E-state index in [1.165, 1.54) is 0 Å². The number of benzene rings is 2. The summed E-state index contributed by atoms with van der Waals surface area (Å²) in [6, 6.07) is -11.5. The van der Waals surface area contributed by atoms with Crippen molar-refractivity contribution in [1.29, 1.82) is 4.29 Å². The van der Waals surface area contributed by atoms with Crippen LogP contribution >= 0.6 is 0 Å². The molecular formula is C25H37NO4. The fourth-order valence-corrected chi connectivity index (χ4v) is 1.37. The van der Waals surface area contributed by atoms with Gasteiger partial charge in [0, 0.05) is 49.9 Å². The van der Waals surface area contributed by atoms with Gasteiger partial charge in [-0.2, -0.15) is 0 Å². The first kappa shape index (κ1) is 4.72. The number of hydrogen-bond acceptors (Lipinski definition) is 5. The Balaban J connectivity index is 2.83. The highest BCUT2D eigenvalue weighted by Gasteiger charge is 2.09. The number of phenols is 1. The van der Waals surface area contributed by atoms with E-state index in [1.54, 1.807) is 0 Å². The van der Waals surface area contributed by atoms with Gasteiger partial charge in [-0.25, -0.2) is 0 Å². The number of nitrogens with one attached hydrogen (secondary N) is 1. The molecule has 0 aromatic heterocycles. The van der Waals surface area contributed by atoms with E-state index >= 15 is 0 Å². The number of aliphatic hydroxyl groups is 2. The van der Waals surface area contributed by atoms with Crippen LogP contribution in [0, 0.1) is 0 Å². The van der Waals surface area contributed by atoms with E-state index < -0.39 is 159 Å². The Bertz CT molecular complexity index is 2180. The molecule has 0 amide bonds. The molecule has 1 atom stereocenters. The Kier molecular flexibility index (Phi) is 2.35. The molecule has 5 nitrogen and oxygen atoms in total. The average molecular weight is 453 g/mol. The fourth-order valence-electron chi connectivity index (χ4n) is 1.37. The molecule has 0 fully saturated rings. The third-order valence-corrected chi connectivity index (χ3v) is 2.52. The number of ether oxygens (including phenoxy) is 1. The van der Waals surface area contributed by atoms with Crippen molar-refractivity contribution in [2.45, 2.75) is 57.2 Å². The molecule has 4 N–H and O–H groups in total. The van der Waals surface area contributed by atoms with Gasteiger partial charge in [0.25, 0.3) is 1.43 Å². The van der Waals surface area contributed by atoms with Gasteiger partial charge in [0.05, 0.1) is 33.2 Å². The molecule has 2 aromatic rings. The Morgan fingerprint density at radius 2 is 1.90 bits per heavy atom. The maximum absolute atomic E-state index is 8.66. The summed E-state index contributed by atoms with van der Waals surface area (Å²) in [5.74, 6) is -1.37. The van der Waals surface area contributed by atoms with Crippen molar-refractivity contribution in [2.75, 3.05) is 26.1 Å². The zero-order valence-corrected chi connectivity index (χ0v) is 14.6. The molecule has 0 bridgehead atoms. The molecule has 166 valence electrons. The molecule has 0 saturated carbocycles. The van der Waals surface area contributed by atoms with Crippen LogP contribution in [0.2, 0.25) is 1.41 Å². The van der Waals surface area contributed by atoms with Crippen LogP contribution in [0.15, 0.2) is 48.3 Å². The second-order valence-corrected chi connectivity index (χ2v) is 4.40. The summed E-state index contributed by atoms with van der Waals surface area (Å²) in [4.78, 5) is 0. The Morgan fingerprint density at radius 3 is 2.70 bits per heavy atom. The number of rotatable bonds is 19. The topological polar surface area (TPSA) is 82.0 Å². The van der Waals surface area contributed by atoms with Crippen LogP contribution in [0.4, 0.5) is 0 Å². The van der Waals surface area contributed by atoms with Gasteiger partial charge in [-0.15, -0.1) is 0 Å². The van der Waals surface area contributed by atoms with E-state index in [1.807, 2.05) is 0 Å². The molecule has 0 radical (unpaired) electrons. The standard InChI is InChI=1S/C25H37NO4/c27-20-23-18-22(13-14-24(23)28)25(29)19-26-15-7-1-2-8-16-30-17-9-6-12-21-10-4-3-5-11-21/h3-5,10-11,13-14,18,25-29H,1-2,6-9,12,15-17,19-20H2/i1D2,2D2,3D,4D,5D,6D2,7D2,8D2,9D2,10D,11D,12D2,13D,14D,15D2,16D2,17D2,18D,19D2,20D2,25D,27D,29D/hD2.